The number of fused-ring (bicyclic) bond motifs is 2. The first-order valence-electron chi connectivity index (χ1n) is 7.24. The van der Waals surface area contributed by atoms with Crippen LogP contribution < -0.4 is 10.1 Å². The number of nitrogens with one attached hydrogen (secondary N) is 2. The maximum atomic E-state index is 5.26. The van der Waals surface area contributed by atoms with Crippen molar-refractivity contribution in [1.29, 1.82) is 0 Å². The number of methoxy groups -OCH3 is 1. The Hall–Kier alpha value is -2.49. The summed E-state index contributed by atoms with van der Waals surface area (Å²) in [5, 5.41) is 3.44. The quantitative estimate of drug-likeness (QED) is 0.753. The fraction of sp³-hybridized carbons (Fsp3) is 0.235. The minimum atomic E-state index is 0.840. The molecule has 21 heavy (non-hydrogen) atoms. The third kappa shape index (κ3) is 2.13. The van der Waals surface area contributed by atoms with Gasteiger partial charge in [-0.1, -0.05) is 0 Å². The summed E-state index contributed by atoms with van der Waals surface area (Å²) >= 11 is 0. The van der Waals surface area contributed by atoms with Crippen molar-refractivity contribution in [2.24, 2.45) is 0 Å². The van der Waals surface area contributed by atoms with Crippen LogP contribution in [0.25, 0.3) is 22.4 Å². The third-order valence-corrected chi connectivity index (χ3v) is 4.01. The van der Waals surface area contributed by atoms with Gasteiger partial charge in [0, 0.05) is 23.9 Å². The molecule has 0 aliphatic carbocycles. The van der Waals surface area contributed by atoms with Gasteiger partial charge < -0.3 is 15.0 Å². The molecule has 0 bridgehead atoms. The summed E-state index contributed by atoms with van der Waals surface area (Å²) in [6, 6.07) is 12.4. The molecule has 3 aromatic rings. The van der Waals surface area contributed by atoms with Gasteiger partial charge in [0.2, 0.25) is 0 Å². The molecule has 0 unspecified atom stereocenters. The highest BCUT2D eigenvalue weighted by atomic mass is 16.5. The highest BCUT2D eigenvalue weighted by Crippen LogP contribution is 2.29. The number of rotatable bonds is 2. The number of aryl methyl sites for hydroxylation is 1. The number of H-pyrrole nitrogens is 1. The molecule has 1 aliphatic rings. The molecule has 0 saturated carbocycles. The summed E-state index contributed by atoms with van der Waals surface area (Å²) in [4.78, 5) is 8.06. The molecule has 2 heterocycles. The Labute approximate surface area is 123 Å². The van der Waals surface area contributed by atoms with Gasteiger partial charge in [0.1, 0.15) is 11.6 Å². The molecule has 4 rings (SSSR count). The van der Waals surface area contributed by atoms with E-state index in [0.717, 1.165) is 41.1 Å². The van der Waals surface area contributed by atoms with Gasteiger partial charge in [-0.25, -0.2) is 4.98 Å². The van der Waals surface area contributed by atoms with Crippen LogP contribution in [0.4, 0.5) is 5.69 Å². The zero-order valence-corrected chi connectivity index (χ0v) is 11.9. The van der Waals surface area contributed by atoms with Crippen molar-refractivity contribution in [2.45, 2.75) is 12.8 Å². The molecule has 0 saturated heterocycles. The van der Waals surface area contributed by atoms with Crippen LogP contribution in [-0.4, -0.2) is 23.6 Å². The minimum absolute atomic E-state index is 0.840. The van der Waals surface area contributed by atoms with E-state index in [4.69, 9.17) is 4.74 Å². The summed E-state index contributed by atoms with van der Waals surface area (Å²) in [7, 11) is 1.68. The highest BCUT2D eigenvalue weighted by Gasteiger charge is 2.12. The number of hydrogen-bond acceptors (Lipinski definition) is 3. The molecule has 0 radical (unpaired) electrons. The molecular formula is C17H17N3O. The number of ether oxygens (including phenoxy) is 1. The van der Waals surface area contributed by atoms with Gasteiger partial charge in [-0.15, -0.1) is 0 Å². The van der Waals surface area contributed by atoms with Crippen molar-refractivity contribution in [3.05, 3.63) is 42.0 Å². The molecule has 0 spiro atoms. The third-order valence-electron chi connectivity index (χ3n) is 4.01. The van der Waals surface area contributed by atoms with Gasteiger partial charge in [-0.05, 0) is 48.7 Å². The lowest BCUT2D eigenvalue weighted by molar-refractivity contribution is 0.415. The summed E-state index contributed by atoms with van der Waals surface area (Å²) in [5.41, 5.74) is 5.72. The van der Waals surface area contributed by atoms with Crippen LogP contribution in [0.15, 0.2) is 36.4 Å². The van der Waals surface area contributed by atoms with Crippen molar-refractivity contribution < 1.29 is 4.74 Å². The molecule has 1 aromatic heterocycles. The molecule has 4 nitrogen and oxygen atoms in total. The summed E-state index contributed by atoms with van der Waals surface area (Å²) in [6.45, 7) is 1.07. The van der Waals surface area contributed by atoms with Crippen molar-refractivity contribution in [3.8, 4) is 17.1 Å². The number of anilines is 1. The first kappa shape index (κ1) is 12.3. The van der Waals surface area contributed by atoms with Crippen molar-refractivity contribution in [3.63, 3.8) is 0 Å². The van der Waals surface area contributed by atoms with E-state index in [2.05, 4.69) is 33.5 Å². The standard InChI is InChI=1S/C17H17N3O/c1-21-13-5-7-15-16(10-13)20-17(19-15)12-4-6-14-11(9-12)3-2-8-18-14/h4-7,9-10,18H,2-3,8H2,1H3,(H,19,20). The van der Waals surface area contributed by atoms with Crippen LogP contribution in [-0.2, 0) is 6.42 Å². The van der Waals surface area contributed by atoms with E-state index in [1.54, 1.807) is 7.11 Å². The first-order valence-corrected chi connectivity index (χ1v) is 7.24. The lowest BCUT2D eigenvalue weighted by Gasteiger charge is -2.18. The monoisotopic (exact) mass is 279 g/mol. The molecular weight excluding hydrogens is 262 g/mol. The minimum Gasteiger partial charge on any atom is -0.497 e. The van der Waals surface area contributed by atoms with E-state index in [1.807, 2.05) is 18.2 Å². The molecule has 0 fully saturated rings. The highest BCUT2D eigenvalue weighted by molar-refractivity contribution is 5.81. The Morgan fingerprint density at radius 1 is 1.14 bits per heavy atom. The molecule has 2 N–H and O–H groups in total. The lowest BCUT2D eigenvalue weighted by Crippen LogP contribution is -2.11. The number of imidazole rings is 1. The Kier molecular flexibility index (Phi) is 2.81. The van der Waals surface area contributed by atoms with E-state index in [-0.39, 0.29) is 0 Å². The second-order valence-corrected chi connectivity index (χ2v) is 5.37. The molecule has 1 aliphatic heterocycles. The largest absolute Gasteiger partial charge is 0.497 e. The van der Waals surface area contributed by atoms with Crippen molar-refractivity contribution in [1.82, 2.24) is 9.97 Å². The molecule has 106 valence electrons. The van der Waals surface area contributed by atoms with Crippen LogP contribution in [0, 0.1) is 0 Å². The fourth-order valence-electron chi connectivity index (χ4n) is 2.87. The predicted octanol–water partition coefficient (Wildman–Crippen LogP) is 3.60. The van der Waals surface area contributed by atoms with Crippen molar-refractivity contribution >= 4 is 16.7 Å². The predicted molar refractivity (Wildman–Crippen MR) is 84.9 cm³/mol. The maximum absolute atomic E-state index is 5.26. The summed E-state index contributed by atoms with van der Waals surface area (Å²) < 4.78 is 5.26. The number of aromatic amines is 1. The Bertz CT molecular complexity index is 807. The molecule has 0 amide bonds. The Balaban J connectivity index is 1.78. The van der Waals surface area contributed by atoms with E-state index >= 15 is 0 Å². The number of hydrogen-bond donors (Lipinski definition) is 2. The van der Waals surface area contributed by atoms with Crippen LogP contribution in [0.5, 0.6) is 5.75 Å². The van der Waals surface area contributed by atoms with Crippen LogP contribution in [0.1, 0.15) is 12.0 Å². The van der Waals surface area contributed by atoms with E-state index in [9.17, 15) is 0 Å². The molecule has 0 atom stereocenters. The van der Waals surface area contributed by atoms with Gasteiger partial charge in [0.05, 0.1) is 18.1 Å². The topological polar surface area (TPSA) is 49.9 Å². The fourth-order valence-corrected chi connectivity index (χ4v) is 2.87. The van der Waals surface area contributed by atoms with Gasteiger partial charge in [-0.2, -0.15) is 0 Å². The Morgan fingerprint density at radius 3 is 3.00 bits per heavy atom. The second kappa shape index (κ2) is 4.81. The Morgan fingerprint density at radius 2 is 2.10 bits per heavy atom. The average molecular weight is 279 g/mol. The normalized spacial score (nSPS) is 13.8. The smallest absolute Gasteiger partial charge is 0.138 e. The van der Waals surface area contributed by atoms with E-state index < -0.39 is 0 Å². The van der Waals surface area contributed by atoms with Gasteiger partial charge in [0.15, 0.2) is 0 Å². The number of aromatic nitrogens is 2. The zero-order valence-electron chi connectivity index (χ0n) is 11.9. The lowest BCUT2D eigenvalue weighted by atomic mass is 10.0. The maximum Gasteiger partial charge on any atom is 0.138 e. The molecule has 2 aromatic carbocycles. The number of benzene rings is 2. The second-order valence-electron chi connectivity index (χ2n) is 5.37. The zero-order chi connectivity index (χ0) is 14.2. The van der Waals surface area contributed by atoms with Crippen LogP contribution >= 0.6 is 0 Å². The summed E-state index contributed by atoms with van der Waals surface area (Å²) in [5.74, 6) is 1.75. The first-order chi connectivity index (χ1) is 10.3. The van der Waals surface area contributed by atoms with Gasteiger partial charge in [0.25, 0.3) is 0 Å². The number of nitrogens with zero attached hydrogens (tertiary/aromatic N) is 1. The average Bonchev–Trinajstić information content (AvgIpc) is 2.97. The van der Waals surface area contributed by atoms with E-state index in [0.29, 0.717) is 0 Å². The van der Waals surface area contributed by atoms with Gasteiger partial charge >= 0.3 is 0 Å². The SMILES string of the molecule is COc1ccc2nc(-c3ccc4c(c3)CCCN4)[nH]c2c1. The molecule has 4 heteroatoms. The summed E-state index contributed by atoms with van der Waals surface area (Å²) in [6.07, 6.45) is 2.32. The van der Waals surface area contributed by atoms with Crippen LogP contribution in [0.2, 0.25) is 0 Å². The van der Waals surface area contributed by atoms with E-state index in [1.165, 1.54) is 17.7 Å². The van der Waals surface area contributed by atoms with Crippen molar-refractivity contribution in [2.75, 3.05) is 19.0 Å². The van der Waals surface area contributed by atoms with Crippen LogP contribution in [0.3, 0.4) is 0 Å². The van der Waals surface area contributed by atoms with Gasteiger partial charge in [-0.3, -0.25) is 0 Å².